The molecule has 142 valence electrons. The summed E-state index contributed by atoms with van der Waals surface area (Å²) in [7, 11) is 0. The molecule has 3 N–H and O–H groups in total. The van der Waals surface area contributed by atoms with Crippen molar-refractivity contribution in [2.45, 2.75) is 44.7 Å². The van der Waals surface area contributed by atoms with Crippen LogP contribution in [0.15, 0.2) is 36.9 Å². The van der Waals surface area contributed by atoms with Crippen molar-refractivity contribution in [3.8, 4) is 0 Å². The van der Waals surface area contributed by atoms with Gasteiger partial charge in [-0.3, -0.25) is 15.0 Å². The number of hydrazine groups is 1. The summed E-state index contributed by atoms with van der Waals surface area (Å²) in [4.78, 5) is 28.4. The van der Waals surface area contributed by atoms with Crippen LogP contribution in [0, 0.1) is 11.8 Å². The van der Waals surface area contributed by atoms with E-state index in [-0.39, 0.29) is 29.7 Å². The van der Waals surface area contributed by atoms with Gasteiger partial charge in [-0.15, -0.1) is 0 Å². The number of carbonyl (C=O) groups is 2. The van der Waals surface area contributed by atoms with Gasteiger partial charge < -0.3 is 5.32 Å². The van der Waals surface area contributed by atoms with E-state index >= 15 is 0 Å². The standard InChI is InChI=1S/C19H24N6O2/c26-18(9-17-15-3-1-2-4-16(15)19(27)24-23-17)22-14-7-5-13(6-8-14)10-25-12-20-11-21-25/h5-8,11-12,15-17,23H,1-4,9-10H2,(H,22,26)(H,24,27). The fraction of sp³-hybridized carbons (Fsp3) is 0.474. The maximum Gasteiger partial charge on any atom is 0.237 e. The molecule has 0 spiro atoms. The molecule has 1 aliphatic heterocycles. The molecular formula is C19H24N6O2. The van der Waals surface area contributed by atoms with Crippen LogP contribution >= 0.6 is 0 Å². The van der Waals surface area contributed by atoms with Crippen molar-refractivity contribution in [2.75, 3.05) is 5.32 Å². The summed E-state index contributed by atoms with van der Waals surface area (Å²) < 4.78 is 1.75. The molecule has 1 saturated heterocycles. The first-order valence-corrected chi connectivity index (χ1v) is 9.45. The highest BCUT2D eigenvalue weighted by Gasteiger charge is 2.40. The van der Waals surface area contributed by atoms with Gasteiger partial charge in [0.25, 0.3) is 0 Å². The fourth-order valence-corrected chi connectivity index (χ4v) is 4.14. The monoisotopic (exact) mass is 368 g/mol. The molecule has 1 saturated carbocycles. The highest BCUT2D eigenvalue weighted by Crippen LogP contribution is 2.35. The molecule has 4 rings (SSSR count). The molecule has 2 amide bonds. The first-order valence-electron chi connectivity index (χ1n) is 9.45. The topological polar surface area (TPSA) is 101 Å². The highest BCUT2D eigenvalue weighted by molar-refractivity contribution is 5.91. The van der Waals surface area contributed by atoms with Gasteiger partial charge in [0.15, 0.2) is 0 Å². The molecule has 8 heteroatoms. The first-order chi connectivity index (χ1) is 13.2. The summed E-state index contributed by atoms with van der Waals surface area (Å²) in [5, 5.41) is 7.04. The number of hydrogen-bond acceptors (Lipinski definition) is 5. The molecule has 1 aromatic heterocycles. The van der Waals surface area contributed by atoms with Crippen LogP contribution in [0.4, 0.5) is 5.69 Å². The van der Waals surface area contributed by atoms with Crippen molar-refractivity contribution in [3.05, 3.63) is 42.5 Å². The number of nitrogens with one attached hydrogen (secondary N) is 3. The van der Waals surface area contributed by atoms with Crippen molar-refractivity contribution in [2.24, 2.45) is 11.8 Å². The van der Waals surface area contributed by atoms with E-state index in [9.17, 15) is 9.59 Å². The van der Waals surface area contributed by atoms with E-state index in [1.165, 1.54) is 6.33 Å². The van der Waals surface area contributed by atoms with Gasteiger partial charge in [0.2, 0.25) is 11.8 Å². The molecule has 1 aromatic carbocycles. The Balaban J connectivity index is 1.33. The van der Waals surface area contributed by atoms with Crippen molar-refractivity contribution >= 4 is 17.5 Å². The number of fused-ring (bicyclic) bond motifs is 1. The number of anilines is 1. The van der Waals surface area contributed by atoms with Gasteiger partial charge in [0.1, 0.15) is 12.7 Å². The minimum atomic E-state index is -0.0444. The van der Waals surface area contributed by atoms with E-state index in [1.54, 1.807) is 11.0 Å². The lowest BCUT2D eigenvalue weighted by Gasteiger charge is -2.40. The minimum Gasteiger partial charge on any atom is -0.326 e. The molecule has 0 radical (unpaired) electrons. The predicted octanol–water partition coefficient (Wildman–Crippen LogP) is 1.46. The van der Waals surface area contributed by atoms with Crippen LogP contribution in [0.5, 0.6) is 0 Å². The van der Waals surface area contributed by atoms with Crippen LogP contribution in [0.1, 0.15) is 37.7 Å². The number of nitrogens with zero attached hydrogens (tertiary/aromatic N) is 3. The zero-order valence-electron chi connectivity index (χ0n) is 15.1. The Morgan fingerprint density at radius 3 is 2.81 bits per heavy atom. The average Bonchev–Trinajstić information content (AvgIpc) is 3.19. The fourth-order valence-electron chi connectivity index (χ4n) is 4.14. The van der Waals surface area contributed by atoms with Crippen molar-refractivity contribution in [1.29, 1.82) is 0 Å². The second kappa shape index (κ2) is 7.87. The molecule has 2 heterocycles. The van der Waals surface area contributed by atoms with Crippen LogP contribution in [0.2, 0.25) is 0 Å². The summed E-state index contributed by atoms with van der Waals surface area (Å²) in [6.45, 7) is 0.642. The molecule has 8 nitrogen and oxygen atoms in total. The molecule has 2 aromatic rings. The van der Waals surface area contributed by atoms with Gasteiger partial charge in [-0.1, -0.05) is 25.0 Å². The third-order valence-electron chi connectivity index (χ3n) is 5.51. The van der Waals surface area contributed by atoms with E-state index < -0.39 is 0 Å². The summed E-state index contributed by atoms with van der Waals surface area (Å²) in [5.74, 6) is 0.300. The second-order valence-corrected chi connectivity index (χ2v) is 7.34. The Labute approximate surface area is 157 Å². The number of benzene rings is 1. The lowest BCUT2D eigenvalue weighted by Crippen LogP contribution is -2.60. The Morgan fingerprint density at radius 1 is 1.22 bits per heavy atom. The lowest BCUT2D eigenvalue weighted by atomic mass is 9.73. The zero-order valence-corrected chi connectivity index (χ0v) is 15.1. The van der Waals surface area contributed by atoms with Gasteiger partial charge in [-0.05, 0) is 36.5 Å². The molecule has 0 bridgehead atoms. The molecule has 27 heavy (non-hydrogen) atoms. The lowest BCUT2D eigenvalue weighted by molar-refractivity contribution is -0.134. The van der Waals surface area contributed by atoms with Crippen molar-refractivity contribution in [1.82, 2.24) is 25.6 Å². The van der Waals surface area contributed by atoms with Crippen LogP contribution < -0.4 is 16.2 Å². The summed E-state index contributed by atoms with van der Waals surface area (Å²) in [6, 6.07) is 7.70. The number of hydrogen-bond donors (Lipinski definition) is 3. The number of carbonyl (C=O) groups excluding carboxylic acids is 2. The molecule has 2 fully saturated rings. The van der Waals surface area contributed by atoms with Crippen LogP contribution in [-0.4, -0.2) is 32.6 Å². The van der Waals surface area contributed by atoms with Gasteiger partial charge in [-0.2, -0.15) is 5.10 Å². The number of rotatable bonds is 5. The maximum absolute atomic E-state index is 12.5. The van der Waals surface area contributed by atoms with Crippen LogP contribution in [-0.2, 0) is 16.1 Å². The Bertz CT molecular complexity index is 789. The number of amides is 2. The van der Waals surface area contributed by atoms with Crippen LogP contribution in [0.25, 0.3) is 0 Å². The zero-order chi connectivity index (χ0) is 18.6. The summed E-state index contributed by atoms with van der Waals surface area (Å²) >= 11 is 0. The molecular weight excluding hydrogens is 344 g/mol. The first kappa shape index (κ1) is 17.7. The summed E-state index contributed by atoms with van der Waals surface area (Å²) in [6.07, 6.45) is 7.67. The smallest absolute Gasteiger partial charge is 0.237 e. The van der Waals surface area contributed by atoms with Gasteiger partial charge in [-0.25, -0.2) is 15.1 Å². The molecule has 3 unspecified atom stereocenters. The minimum absolute atomic E-state index is 0.0143. The third-order valence-corrected chi connectivity index (χ3v) is 5.51. The molecule has 2 aliphatic rings. The Hall–Kier alpha value is -2.74. The predicted molar refractivity (Wildman–Crippen MR) is 99.3 cm³/mol. The van der Waals surface area contributed by atoms with E-state index in [0.29, 0.717) is 13.0 Å². The second-order valence-electron chi connectivity index (χ2n) is 7.34. The largest absolute Gasteiger partial charge is 0.326 e. The third kappa shape index (κ3) is 4.16. The normalized spacial score (nSPS) is 24.7. The van der Waals surface area contributed by atoms with E-state index in [2.05, 4.69) is 26.3 Å². The van der Waals surface area contributed by atoms with Gasteiger partial charge >= 0.3 is 0 Å². The van der Waals surface area contributed by atoms with E-state index in [4.69, 9.17) is 0 Å². The summed E-state index contributed by atoms with van der Waals surface area (Å²) in [5.41, 5.74) is 7.64. The number of aromatic nitrogens is 3. The average molecular weight is 368 g/mol. The van der Waals surface area contributed by atoms with E-state index in [1.807, 2.05) is 24.3 Å². The molecule has 3 atom stereocenters. The Morgan fingerprint density at radius 2 is 2.04 bits per heavy atom. The quantitative estimate of drug-likeness (QED) is 0.742. The highest BCUT2D eigenvalue weighted by atomic mass is 16.2. The van der Waals surface area contributed by atoms with Crippen molar-refractivity contribution in [3.63, 3.8) is 0 Å². The van der Waals surface area contributed by atoms with E-state index in [0.717, 1.165) is 36.9 Å². The van der Waals surface area contributed by atoms with Crippen LogP contribution in [0.3, 0.4) is 0 Å². The van der Waals surface area contributed by atoms with Crippen molar-refractivity contribution < 1.29 is 9.59 Å². The maximum atomic E-state index is 12.5. The van der Waals surface area contributed by atoms with Gasteiger partial charge in [0.05, 0.1) is 6.54 Å². The molecule has 1 aliphatic carbocycles. The Kier molecular flexibility index (Phi) is 5.15. The van der Waals surface area contributed by atoms with Gasteiger partial charge in [0, 0.05) is 24.1 Å². The SMILES string of the molecule is O=C(CC1NNC(=O)C2CCCCC12)Nc1ccc(Cn2cncn2)cc1.